The van der Waals surface area contributed by atoms with Crippen molar-refractivity contribution in [3.05, 3.63) is 193 Å². The fourth-order valence-electron chi connectivity index (χ4n) is 10.3. The van der Waals surface area contributed by atoms with Crippen molar-refractivity contribution in [1.29, 1.82) is 0 Å². The van der Waals surface area contributed by atoms with Gasteiger partial charge in [-0.3, -0.25) is 0 Å². The SMILES string of the molecule is CC1(n2c3ccccc3c3cc4ccccc4cc32)CC=C(c2nc(-c3ccc4oc5ccccc5c4c3)nc(-c3ccc4oc5ccccc5c4c3)n2)c2c1oc1ccccc21. The number of rotatable bonds is 4. The Morgan fingerprint density at radius 3 is 1.59 bits per heavy atom. The summed E-state index contributed by atoms with van der Waals surface area (Å²) in [6.07, 6.45) is 2.94. The van der Waals surface area contributed by atoms with E-state index < -0.39 is 5.54 Å². The van der Waals surface area contributed by atoms with Crippen LogP contribution in [0.25, 0.3) is 116 Å². The normalized spacial score (nSPS) is 15.5. The van der Waals surface area contributed by atoms with Gasteiger partial charge in [-0.15, -0.1) is 0 Å². The highest BCUT2D eigenvalue weighted by Gasteiger charge is 2.42. The summed E-state index contributed by atoms with van der Waals surface area (Å²) in [4.78, 5) is 16.0. The smallest absolute Gasteiger partial charge is 0.164 e. The Labute approximate surface area is 359 Å². The van der Waals surface area contributed by atoms with Crippen molar-refractivity contribution in [1.82, 2.24) is 19.5 Å². The number of hydrogen-bond donors (Lipinski definition) is 0. The second kappa shape index (κ2) is 12.6. The second-order valence-corrected chi connectivity index (χ2v) is 16.9. The summed E-state index contributed by atoms with van der Waals surface area (Å²) < 4.78 is 22.1. The number of nitrogens with zero attached hydrogens (tertiary/aromatic N) is 4. The minimum atomic E-state index is -0.610. The number of benzene rings is 8. The highest BCUT2D eigenvalue weighted by molar-refractivity contribution is 6.13. The Bertz CT molecular complexity index is 3970. The molecule has 0 bridgehead atoms. The van der Waals surface area contributed by atoms with Crippen LogP contribution in [0, 0.1) is 0 Å². The van der Waals surface area contributed by atoms with Crippen LogP contribution in [-0.2, 0) is 5.54 Å². The molecule has 8 aromatic carbocycles. The quantitative estimate of drug-likeness (QED) is 0.176. The van der Waals surface area contributed by atoms with Crippen molar-refractivity contribution < 1.29 is 13.3 Å². The molecule has 14 rings (SSSR count). The van der Waals surface area contributed by atoms with E-state index in [1.807, 2.05) is 66.7 Å². The molecule has 13 aromatic rings. The molecule has 7 nitrogen and oxygen atoms in total. The maximum Gasteiger partial charge on any atom is 0.164 e. The fourth-order valence-corrected chi connectivity index (χ4v) is 10.3. The fraction of sp³-hybridized carbons (Fsp3) is 0.0536. The molecule has 5 aromatic heterocycles. The standard InChI is InChI=1S/C56H34N4O3/c1-56(60-44-18-8-4-14-36(44)41-28-32-12-2-3-13-33(32)31-45(41)60)27-26-40(51-39-17-7-11-21-48(39)63-52(51)56)55-58-53(34-22-24-49-42(29-34)37-15-5-9-19-46(37)61-49)57-54(59-55)35-23-25-50-43(30-35)38-16-6-10-20-47(38)62-50/h2-26,28-31H,27H2,1H3. The van der Waals surface area contributed by atoms with E-state index in [0.29, 0.717) is 23.9 Å². The minimum absolute atomic E-state index is 0.567. The van der Waals surface area contributed by atoms with Crippen LogP contribution in [0.3, 0.4) is 0 Å². The topological polar surface area (TPSA) is 83.0 Å². The Balaban J connectivity index is 1.02. The predicted octanol–water partition coefficient (Wildman–Crippen LogP) is 14.6. The zero-order chi connectivity index (χ0) is 41.4. The predicted molar refractivity (Wildman–Crippen MR) is 253 cm³/mol. The van der Waals surface area contributed by atoms with E-state index in [-0.39, 0.29) is 0 Å². The van der Waals surface area contributed by atoms with E-state index in [2.05, 4.69) is 121 Å². The van der Waals surface area contributed by atoms with Crippen LogP contribution in [0.5, 0.6) is 0 Å². The molecule has 0 N–H and O–H groups in total. The Kier molecular flexibility index (Phi) is 6.90. The molecule has 296 valence electrons. The number of allylic oxidation sites excluding steroid dienone is 1. The minimum Gasteiger partial charge on any atom is -0.458 e. The maximum atomic E-state index is 7.10. The summed E-state index contributed by atoms with van der Waals surface area (Å²) in [6.45, 7) is 2.31. The molecular weight excluding hydrogens is 777 g/mol. The van der Waals surface area contributed by atoms with E-state index in [4.69, 9.17) is 28.2 Å². The summed E-state index contributed by atoms with van der Waals surface area (Å²) in [5.74, 6) is 2.58. The third kappa shape index (κ3) is 4.93. The van der Waals surface area contributed by atoms with Crippen molar-refractivity contribution in [2.45, 2.75) is 18.9 Å². The van der Waals surface area contributed by atoms with Gasteiger partial charge in [-0.1, -0.05) is 103 Å². The average molecular weight is 811 g/mol. The molecule has 0 saturated carbocycles. The molecule has 0 amide bonds. The molecule has 63 heavy (non-hydrogen) atoms. The van der Waals surface area contributed by atoms with Gasteiger partial charge in [0.15, 0.2) is 17.5 Å². The van der Waals surface area contributed by atoms with Gasteiger partial charge in [-0.05, 0) is 96.9 Å². The van der Waals surface area contributed by atoms with Crippen molar-refractivity contribution in [3.63, 3.8) is 0 Å². The third-order valence-corrected chi connectivity index (χ3v) is 13.2. The van der Waals surface area contributed by atoms with Crippen LogP contribution in [-0.4, -0.2) is 19.5 Å². The monoisotopic (exact) mass is 810 g/mol. The van der Waals surface area contributed by atoms with Gasteiger partial charge < -0.3 is 17.8 Å². The van der Waals surface area contributed by atoms with E-state index in [1.54, 1.807) is 0 Å². The lowest BCUT2D eigenvalue weighted by molar-refractivity contribution is 0.333. The van der Waals surface area contributed by atoms with Gasteiger partial charge in [0.05, 0.1) is 11.0 Å². The van der Waals surface area contributed by atoms with Gasteiger partial charge in [0.25, 0.3) is 0 Å². The summed E-state index contributed by atoms with van der Waals surface area (Å²) in [5, 5.41) is 9.96. The number of aromatic nitrogens is 4. The molecule has 1 atom stereocenters. The van der Waals surface area contributed by atoms with Crippen LogP contribution in [0.4, 0.5) is 0 Å². The Morgan fingerprint density at radius 1 is 0.429 bits per heavy atom. The van der Waals surface area contributed by atoms with Gasteiger partial charge >= 0.3 is 0 Å². The van der Waals surface area contributed by atoms with Crippen LogP contribution in [0.15, 0.2) is 189 Å². The zero-order valence-corrected chi connectivity index (χ0v) is 34.0. The number of hydrogen-bond acceptors (Lipinski definition) is 6. The van der Waals surface area contributed by atoms with Crippen molar-refractivity contribution in [3.8, 4) is 22.8 Å². The first-order chi connectivity index (χ1) is 31.1. The van der Waals surface area contributed by atoms with E-state index >= 15 is 0 Å². The lowest BCUT2D eigenvalue weighted by Crippen LogP contribution is -2.33. The Hall–Kier alpha value is -8.29. The highest BCUT2D eigenvalue weighted by atomic mass is 16.3. The third-order valence-electron chi connectivity index (χ3n) is 13.2. The zero-order valence-electron chi connectivity index (χ0n) is 34.0. The summed E-state index contributed by atoms with van der Waals surface area (Å²) in [7, 11) is 0. The first kappa shape index (κ1) is 34.4. The number of furan rings is 3. The maximum absolute atomic E-state index is 7.10. The number of para-hydroxylation sites is 4. The molecule has 0 spiro atoms. The molecule has 0 radical (unpaired) electrons. The molecule has 1 aliphatic rings. The Morgan fingerprint density at radius 2 is 0.937 bits per heavy atom. The molecule has 5 heterocycles. The van der Waals surface area contributed by atoms with E-state index in [0.717, 1.165) is 93.9 Å². The van der Waals surface area contributed by atoms with Crippen LogP contribution in [0.2, 0.25) is 0 Å². The molecule has 1 aliphatic carbocycles. The number of fused-ring (bicyclic) bond motifs is 13. The van der Waals surface area contributed by atoms with Gasteiger partial charge in [0.1, 0.15) is 39.2 Å². The summed E-state index contributed by atoms with van der Waals surface area (Å²) in [6, 6.07) is 58.9. The molecular formula is C56H34N4O3. The van der Waals surface area contributed by atoms with Crippen LogP contribution >= 0.6 is 0 Å². The van der Waals surface area contributed by atoms with Gasteiger partial charge in [0, 0.05) is 60.0 Å². The first-order valence-electron chi connectivity index (χ1n) is 21.3. The van der Waals surface area contributed by atoms with Crippen LogP contribution in [0.1, 0.15) is 30.5 Å². The van der Waals surface area contributed by atoms with E-state index in [9.17, 15) is 0 Å². The highest BCUT2D eigenvalue weighted by Crippen LogP contribution is 2.50. The van der Waals surface area contributed by atoms with Gasteiger partial charge in [-0.25, -0.2) is 15.0 Å². The lowest BCUT2D eigenvalue weighted by atomic mass is 9.81. The van der Waals surface area contributed by atoms with Crippen molar-refractivity contribution in [2.24, 2.45) is 0 Å². The first-order valence-corrected chi connectivity index (χ1v) is 21.3. The average Bonchev–Trinajstić information content (AvgIpc) is 4.10. The molecule has 1 unspecified atom stereocenters. The largest absolute Gasteiger partial charge is 0.458 e. The van der Waals surface area contributed by atoms with Crippen molar-refractivity contribution >= 4 is 93.0 Å². The molecule has 7 heteroatoms. The summed E-state index contributed by atoms with van der Waals surface area (Å²) >= 11 is 0. The van der Waals surface area contributed by atoms with Crippen LogP contribution < -0.4 is 0 Å². The second-order valence-electron chi connectivity index (χ2n) is 16.9. The summed E-state index contributed by atoms with van der Waals surface area (Å²) in [5.41, 5.74) is 9.46. The molecule has 0 aliphatic heterocycles. The molecule has 0 fully saturated rings. The lowest BCUT2D eigenvalue weighted by Gasteiger charge is -2.35. The van der Waals surface area contributed by atoms with Gasteiger partial charge in [-0.2, -0.15) is 0 Å². The molecule has 0 saturated heterocycles. The van der Waals surface area contributed by atoms with Gasteiger partial charge in [0.2, 0.25) is 0 Å². The van der Waals surface area contributed by atoms with Crippen molar-refractivity contribution in [2.75, 3.05) is 0 Å². The van der Waals surface area contributed by atoms with E-state index in [1.165, 1.54) is 21.5 Å².